The van der Waals surface area contributed by atoms with E-state index < -0.39 is 0 Å². The van der Waals surface area contributed by atoms with Crippen LogP contribution in [0, 0.1) is 10.5 Å². The average Bonchev–Trinajstić information content (AvgIpc) is 2.41. The Morgan fingerprint density at radius 2 is 1.68 bits per heavy atom. The van der Waals surface area contributed by atoms with Gasteiger partial charge in [-0.05, 0) is 65.4 Å². The van der Waals surface area contributed by atoms with E-state index in [-0.39, 0.29) is 5.91 Å². The number of amides is 1. The van der Waals surface area contributed by atoms with Crippen LogP contribution in [0.3, 0.4) is 0 Å². The molecule has 0 radical (unpaired) electrons. The van der Waals surface area contributed by atoms with Crippen LogP contribution >= 0.6 is 22.6 Å². The van der Waals surface area contributed by atoms with Crippen molar-refractivity contribution in [3.63, 3.8) is 0 Å². The lowest BCUT2D eigenvalue weighted by molar-refractivity contribution is -0.111. The maximum absolute atomic E-state index is 11.7. The van der Waals surface area contributed by atoms with Gasteiger partial charge in [-0.1, -0.05) is 29.8 Å². The lowest BCUT2D eigenvalue weighted by Crippen LogP contribution is -2.07. The molecule has 0 fully saturated rings. The number of anilines is 1. The van der Waals surface area contributed by atoms with Crippen LogP contribution in [0.15, 0.2) is 54.6 Å². The third-order valence-corrected chi connectivity index (χ3v) is 3.34. The van der Waals surface area contributed by atoms with Crippen molar-refractivity contribution < 1.29 is 4.79 Å². The molecule has 0 saturated heterocycles. The van der Waals surface area contributed by atoms with Crippen molar-refractivity contribution in [3.8, 4) is 0 Å². The first-order chi connectivity index (χ1) is 9.13. The normalized spacial score (nSPS) is 10.6. The van der Waals surface area contributed by atoms with Gasteiger partial charge in [0.15, 0.2) is 0 Å². The molecule has 2 aromatic rings. The number of aryl methyl sites for hydroxylation is 1. The molecule has 0 aromatic heterocycles. The average molecular weight is 363 g/mol. The summed E-state index contributed by atoms with van der Waals surface area (Å²) >= 11 is 2.23. The summed E-state index contributed by atoms with van der Waals surface area (Å²) in [6.45, 7) is 2.04. The quantitative estimate of drug-likeness (QED) is 0.641. The summed E-state index contributed by atoms with van der Waals surface area (Å²) in [5.41, 5.74) is 3.03. The summed E-state index contributed by atoms with van der Waals surface area (Å²) in [6.07, 6.45) is 3.35. The molecule has 0 bridgehead atoms. The lowest BCUT2D eigenvalue weighted by Gasteiger charge is -2.01. The largest absolute Gasteiger partial charge is 0.323 e. The summed E-state index contributed by atoms with van der Waals surface area (Å²) in [4.78, 5) is 11.7. The highest BCUT2D eigenvalue weighted by Crippen LogP contribution is 2.11. The van der Waals surface area contributed by atoms with Crippen molar-refractivity contribution in [1.29, 1.82) is 0 Å². The number of carbonyl (C=O) groups excluding carboxylic acids is 1. The van der Waals surface area contributed by atoms with Crippen LogP contribution in [-0.4, -0.2) is 5.91 Å². The Balaban J connectivity index is 1.97. The van der Waals surface area contributed by atoms with E-state index in [2.05, 4.69) is 27.9 Å². The van der Waals surface area contributed by atoms with Gasteiger partial charge in [0.25, 0.3) is 0 Å². The van der Waals surface area contributed by atoms with Gasteiger partial charge in [0.2, 0.25) is 5.91 Å². The second kappa shape index (κ2) is 6.52. The molecule has 0 atom stereocenters. The molecule has 1 N–H and O–H groups in total. The summed E-state index contributed by atoms with van der Waals surface area (Å²) in [7, 11) is 0. The van der Waals surface area contributed by atoms with Crippen LogP contribution in [0.4, 0.5) is 5.69 Å². The van der Waals surface area contributed by atoms with E-state index in [1.54, 1.807) is 6.08 Å². The standard InChI is InChI=1S/C16H14INO/c1-12-2-4-13(5-3-12)6-11-16(19)18-15-9-7-14(17)8-10-15/h2-11H,1H3,(H,18,19)/b11-6+. The first-order valence-corrected chi connectivity index (χ1v) is 7.03. The monoisotopic (exact) mass is 363 g/mol. The zero-order valence-corrected chi connectivity index (χ0v) is 12.7. The van der Waals surface area contributed by atoms with E-state index in [1.807, 2.05) is 61.5 Å². The molecule has 2 aromatic carbocycles. The van der Waals surface area contributed by atoms with Gasteiger partial charge in [-0.2, -0.15) is 0 Å². The second-order valence-corrected chi connectivity index (χ2v) is 5.49. The van der Waals surface area contributed by atoms with Crippen LogP contribution in [0.5, 0.6) is 0 Å². The van der Waals surface area contributed by atoms with Crippen LogP contribution in [-0.2, 0) is 4.79 Å². The molecule has 3 heteroatoms. The van der Waals surface area contributed by atoms with Crippen molar-refractivity contribution in [3.05, 3.63) is 69.3 Å². The molecule has 0 heterocycles. The number of benzene rings is 2. The lowest BCUT2D eigenvalue weighted by atomic mass is 10.1. The zero-order valence-electron chi connectivity index (χ0n) is 10.6. The van der Waals surface area contributed by atoms with E-state index in [0.717, 1.165) is 14.8 Å². The number of hydrogen-bond donors (Lipinski definition) is 1. The smallest absolute Gasteiger partial charge is 0.248 e. The fourth-order valence-electron chi connectivity index (χ4n) is 1.57. The minimum absolute atomic E-state index is 0.123. The number of carbonyl (C=O) groups is 1. The van der Waals surface area contributed by atoms with Crippen LogP contribution in [0.25, 0.3) is 6.08 Å². The molecular weight excluding hydrogens is 349 g/mol. The SMILES string of the molecule is Cc1ccc(/C=C/C(=O)Nc2ccc(I)cc2)cc1. The fraction of sp³-hybridized carbons (Fsp3) is 0.0625. The van der Waals surface area contributed by atoms with Crippen molar-refractivity contribution in [2.24, 2.45) is 0 Å². The topological polar surface area (TPSA) is 29.1 Å². The molecule has 2 rings (SSSR count). The summed E-state index contributed by atoms with van der Waals surface area (Å²) < 4.78 is 1.14. The Bertz CT molecular complexity index is 585. The first-order valence-electron chi connectivity index (χ1n) is 5.95. The molecular formula is C16H14INO. The van der Waals surface area contributed by atoms with E-state index in [4.69, 9.17) is 0 Å². The highest BCUT2D eigenvalue weighted by Gasteiger charge is 1.97. The molecule has 0 aliphatic carbocycles. The maximum Gasteiger partial charge on any atom is 0.248 e. The Labute approximate surface area is 126 Å². The van der Waals surface area contributed by atoms with Crippen LogP contribution in [0.1, 0.15) is 11.1 Å². The number of hydrogen-bond acceptors (Lipinski definition) is 1. The predicted octanol–water partition coefficient (Wildman–Crippen LogP) is 4.25. The molecule has 0 saturated carbocycles. The zero-order chi connectivity index (χ0) is 13.7. The van der Waals surface area contributed by atoms with Gasteiger partial charge in [-0.25, -0.2) is 0 Å². The second-order valence-electron chi connectivity index (χ2n) is 4.24. The van der Waals surface area contributed by atoms with Gasteiger partial charge in [0.05, 0.1) is 0 Å². The summed E-state index contributed by atoms with van der Waals surface area (Å²) in [5.74, 6) is -0.123. The van der Waals surface area contributed by atoms with Gasteiger partial charge in [0, 0.05) is 15.3 Å². The minimum Gasteiger partial charge on any atom is -0.323 e. The van der Waals surface area contributed by atoms with Crippen molar-refractivity contribution in [2.45, 2.75) is 6.92 Å². The van der Waals surface area contributed by atoms with Crippen LogP contribution < -0.4 is 5.32 Å². The number of rotatable bonds is 3. The van der Waals surface area contributed by atoms with Crippen molar-refractivity contribution >= 4 is 40.3 Å². The predicted molar refractivity (Wildman–Crippen MR) is 88.0 cm³/mol. The van der Waals surface area contributed by atoms with Crippen molar-refractivity contribution in [1.82, 2.24) is 0 Å². The number of halogens is 1. The summed E-state index contributed by atoms with van der Waals surface area (Å²) in [5, 5.41) is 2.82. The summed E-state index contributed by atoms with van der Waals surface area (Å²) in [6, 6.07) is 15.7. The maximum atomic E-state index is 11.7. The Hall–Kier alpha value is -1.62. The fourth-order valence-corrected chi connectivity index (χ4v) is 1.93. The van der Waals surface area contributed by atoms with E-state index >= 15 is 0 Å². The number of nitrogens with one attached hydrogen (secondary N) is 1. The first kappa shape index (κ1) is 13.8. The van der Waals surface area contributed by atoms with Gasteiger partial charge in [-0.15, -0.1) is 0 Å². The van der Waals surface area contributed by atoms with Crippen LogP contribution in [0.2, 0.25) is 0 Å². The molecule has 1 amide bonds. The van der Waals surface area contributed by atoms with Gasteiger partial charge < -0.3 is 5.32 Å². The van der Waals surface area contributed by atoms with Gasteiger partial charge in [0.1, 0.15) is 0 Å². The Morgan fingerprint density at radius 1 is 1.05 bits per heavy atom. The van der Waals surface area contributed by atoms with Gasteiger partial charge >= 0.3 is 0 Å². The molecule has 0 aliphatic heterocycles. The van der Waals surface area contributed by atoms with E-state index in [1.165, 1.54) is 5.56 Å². The molecule has 0 aliphatic rings. The Kier molecular flexibility index (Phi) is 4.74. The van der Waals surface area contributed by atoms with Crippen molar-refractivity contribution in [2.75, 3.05) is 5.32 Å². The Morgan fingerprint density at radius 3 is 2.32 bits per heavy atom. The third-order valence-electron chi connectivity index (χ3n) is 2.62. The molecule has 0 unspecified atom stereocenters. The van der Waals surface area contributed by atoms with E-state index in [0.29, 0.717) is 0 Å². The minimum atomic E-state index is -0.123. The van der Waals surface area contributed by atoms with Gasteiger partial charge in [-0.3, -0.25) is 4.79 Å². The third kappa shape index (κ3) is 4.52. The highest BCUT2D eigenvalue weighted by molar-refractivity contribution is 14.1. The molecule has 19 heavy (non-hydrogen) atoms. The molecule has 0 spiro atoms. The molecule has 96 valence electrons. The van der Waals surface area contributed by atoms with E-state index in [9.17, 15) is 4.79 Å². The molecule has 2 nitrogen and oxygen atoms in total. The highest BCUT2D eigenvalue weighted by atomic mass is 127.